The van der Waals surface area contributed by atoms with Crippen molar-refractivity contribution < 1.29 is 5.11 Å². The third-order valence-electron chi connectivity index (χ3n) is 3.90. The van der Waals surface area contributed by atoms with E-state index < -0.39 is 6.10 Å². The van der Waals surface area contributed by atoms with Crippen LogP contribution in [0.15, 0.2) is 24.5 Å². The molecule has 0 spiro atoms. The van der Waals surface area contributed by atoms with Crippen molar-refractivity contribution in [2.24, 2.45) is 0 Å². The van der Waals surface area contributed by atoms with Gasteiger partial charge in [-0.3, -0.25) is 0 Å². The first-order chi connectivity index (χ1) is 9.70. The first-order valence-electron chi connectivity index (χ1n) is 6.98. The number of aromatic nitrogens is 2. The fraction of sp³-hybridized carbons (Fsp3) is 0.375. The number of imidazole rings is 1. The molecule has 1 aromatic heterocycles. The molecule has 0 aliphatic heterocycles. The Kier molecular flexibility index (Phi) is 3.29. The Balaban J connectivity index is 2.18. The van der Waals surface area contributed by atoms with Gasteiger partial charge in [0, 0.05) is 11.3 Å². The number of aliphatic hydroxyl groups excluding tert-OH is 1. The molecule has 0 amide bonds. The lowest BCUT2D eigenvalue weighted by atomic mass is 10.00. The van der Waals surface area contributed by atoms with E-state index in [-0.39, 0.29) is 0 Å². The van der Waals surface area contributed by atoms with E-state index in [0.717, 1.165) is 29.8 Å². The normalized spacial score (nSPS) is 15.4. The molecule has 1 aliphatic rings. The summed E-state index contributed by atoms with van der Waals surface area (Å²) in [5, 5.41) is 19.0. The van der Waals surface area contributed by atoms with E-state index in [1.165, 1.54) is 18.5 Å². The molecule has 3 rings (SSSR count). The molecule has 2 aromatic rings. The second kappa shape index (κ2) is 5.10. The van der Waals surface area contributed by atoms with Crippen LogP contribution in [0.4, 0.5) is 0 Å². The van der Waals surface area contributed by atoms with E-state index in [1.54, 1.807) is 13.0 Å². The van der Waals surface area contributed by atoms with Crippen molar-refractivity contribution in [1.82, 2.24) is 9.55 Å². The molecule has 0 bridgehead atoms. The van der Waals surface area contributed by atoms with Crippen molar-refractivity contribution in [3.05, 3.63) is 47.0 Å². The minimum Gasteiger partial charge on any atom is -0.389 e. The molecule has 1 heterocycles. The molecule has 4 heteroatoms. The Labute approximate surface area is 118 Å². The average Bonchev–Trinajstić information content (AvgIpc) is 2.90. The van der Waals surface area contributed by atoms with Gasteiger partial charge in [-0.1, -0.05) is 6.07 Å². The van der Waals surface area contributed by atoms with Gasteiger partial charge in [0.05, 0.1) is 35.4 Å². The summed E-state index contributed by atoms with van der Waals surface area (Å²) < 4.78 is 2.04. The second-order valence-electron chi connectivity index (χ2n) is 5.28. The Morgan fingerprint density at radius 3 is 2.90 bits per heavy atom. The van der Waals surface area contributed by atoms with E-state index >= 15 is 0 Å². The van der Waals surface area contributed by atoms with Crippen LogP contribution in [0.1, 0.15) is 48.4 Å². The number of aliphatic hydroxyl groups is 1. The van der Waals surface area contributed by atoms with E-state index in [2.05, 4.69) is 11.1 Å². The Hall–Kier alpha value is -2.12. The second-order valence-corrected chi connectivity index (χ2v) is 5.28. The third kappa shape index (κ3) is 2.10. The lowest BCUT2D eigenvalue weighted by molar-refractivity contribution is 0.199. The predicted molar refractivity (Wildman–Crippen MR) is 75.6 cm³/mol. The van der Waals surface area contributed by atoms with Crippen molar-refractivity contribution in [2.75, 3.05) is 0 Å². The highest BCUT2D eigenvalue weighted by Crippen LogP contribution is 2.28. The lowest BCUT2D eigenvalue weighted by Crippen LogP contribution is -2.09. The van der Waals surface area contributed by atoms with Crippen molar-refractivity contribution in [2.45, 2.75) is 38.7 Å². The van der Waals surface area contributed by atoms with Crippen LogP contribution in [-0.2, 0) is 12.8 Å². The van der Waals surface area contributed by atoms with Crippen molar-refractivity contribution in [1.29, 1.82) is 5.26 Å². The third-order valence-corrected chi connectivity index (χ3v) is 3.90. The van der Waals surface area contributed by atoms with Crippen LogP contribution < -0.4 is 0 Å². The zero-order chi connectivity index (χ0) is 14.1. The van der Waals surface area contributed by atoms with E-state index in [0.29, 0.717) is 5.56 Å². The number of hydrogen-bond donors (Lipinski definition) is 1. The van der Waals surface area contributed by atoms with Crippen LogP contribution in [-0.4, -0.2) is 14.7 Å². The summed E-state index contributed by atoms with van der Waals surface area (Å²) in [5.41, 5.74) is 4.66. The number of aryl methyl sites for hydroxylation is 1. The van der Waals surface area contributed by atoms with Gasteiger partial charge >= 0.3 is 0 Å². The maximum Gasteiger partial charge on any atom is 0.0997 e. The van der Waals surface area contributed by atoms with Gasteiger partial charge in [-0.25, -0.2) is 4.98 Å². The van der Waals surface area contributed by atoms with Gasteiger partial charge in [-0.2, -0.15) is 5.26 Å². The minimum atomic E-state index is -0.570. The molecule has 4 nitrogen and oxygen atoms in total. The van der Waals surface area contributed by atoms with Gasteiger partial charge in [-0.05, 0) is 44.7 Å². The van der Waals surface area contributed by atoms with E-state index in [4.69, 9.17) is 5.26 Å². The number of rotatable bonds is 2. The molecular formula is C16H17N3O. The summed E-state index contributed by atoms with van der Waals surface area (Å²) in [5.74, 6) is 0. The smallest absolute Gasteiger partial charge is 0.0997 e. The van der Waals surface area contributed by atoms with E-state index in [9.17, 15) is 5.11 Å². The maximum atomic E-state index is 9.95. The summed E-state index contributed by atoms with van der Waals surface area (Å²) in [4.78, 5) is 4.49. The molecular weight excluding hydrogens is 250 g/mol. The highest BCUT2D eigenvalue weighted by Gasteiger charge is 2.19. The van der Waals surface area contributed by atoms with Crippen LogP contribution in [0.5, 0.6) is 0 Å². The molecule has 1 aliphatic carbocycles. The maximum absolute atomic E-state index is 9.95. The molecule has 0 radical (unpaired) electrons. The average molecular weight is 267 g/mol. The van der Waals surface area contributed by atoms with Crippen LogP contribution in [0.3, 0.4) is 0 Å². The van der Waals surface area contributed by atoms with Crippen molar-refractivity contribution >= 4 is 0 Å². The van der Waals surface area contributed by atoms with Crippen molar-refractivity contribution in [3.63, 3.8) is 0 Å². The highest BCUT2D eigenvalue weighted by atomic mass is 16.3. The quantitative estimate of drug-likeness (QED) is 0.910. The molecule has 1 aromatic carbocycles. The molecule has 20 heavy (non-hydrogen) atoms. The van der Waals surface area contributed by atoms with Gasteiger partial charge < -0.3 is 9.67 Å². The SMILES string of the molecule is CC(O)c1ccc(C#N)cc1-n1cnc2c1CCCC2. The Bertz CT molecular complexity index is 680. The van der Waals surface area contributed by atoms with Gasteiger partial charge in [0.1, 0.15) is 0 Å². The molecule has 1 atom stereocenters. The minimum absolute atomic E-state index is 0.570. The molecule has 0 fully saturated rings. The molecule has 0 saturated carbocycles. The zero-order valence-corrected chi connectivity index (χ0v) is 11.5. The van der Waals surface area contributed by atoms with Gasteiger partial charge in [0.2, 0.25) is 0 Å². The summed E-state index contributed by atoms with van der Waals surface area (Å²) in [7, 11) is 0. The van der Waals surface area contributed by atoms with Crippen LogP contribution >= 0.6 is 0 Å². The Morgan fingerprint density at radius 2 is 2.15 bits per heavy atom. The monoisotopic (exact) mass is 267 g/mol. The summed E-state index contributed by atoms with van der Waals surface area (Å²) in [6, 6.07) is 7.56. The Morgan fingerprint density at radius 1 is 1.35 bits per heavy atom. The topological polar surface area (TPSA) is 61.8 Å². The number of hydrogen-bond acceptors (Lipinski definition) is 3. The number of benzene rings is 1. The fourth-order valence-electron chi connectivity index (χ4n) is 2.85. The first kappa shape index (κ1) is 12.9. The number of nitriles is 1. The van der Waals surface area contributed by atoms with Gasteiger partial charge in [0.15, 0.2) is 0 Å². The van der Waals surface area contributed by atoms with E-state index in [1.807, 2.05) is 23.0 Å². The molecule has 1 unspecified atom stereocenters. The predicted octanol–water partition coefficient (Wildman–Crippen LogP) is 2.68. The molecule has 1 N–H and O–H groups in total. The number of nitrogens with zero attached hydrogens (tertiary/aromatic N) is 3. The van der Waals surface area contributed by atoms with Crippen LogP contribution in [0.2, 0.25) is 0 Å². The van der Waals surface area contributed by atoms with Crippen LogP contribution in [0, 0.1) is 11.3 Å². The lowest BCUT2D eigenvalue weighted by Gasteiger charge is -2.18. The highest BCUT2D eigenvalue weighted by molar-refractivity contribution is 5.50. The molecule has 0 saturated heterocycles. The standard InChI is InChI=1S/C16H17N3O/c1-11(20)13-7-6-12(9-17)8-16(13)19-10-18-14-4-2-3-5-15(14)19/h6-8,10-11,20H,2-5H2,1H3. The van der Waals surface area contributed by atoms with Gasteiger partial charge in [-0.15, -0.1) is 0 Å². The summed E-state index contributed by atoms with van der Waals surface area (Å²) in [6.07, 6.45) is 5.62. The fourth-order valence-corrected chi connectivity index (χ4v) is 2.85. The van der Waals surface area contributed by atoms with Crippen molar-refractivity contribution in [3.8, 4) is 11.8 Å². The zero-order valence-electron chi connectivity index (χ0n) is 11.5. The summed E-state index contributed by atoms with van der Waals surface area (Å²) >= 11 is 0. The largest absolute Gasteiger partial charge is 0.389 e. The summed E-state index contributed by atoms with van der Waals surface area (Å²) in [6.45, 7) is 1.74. The van der Waals surface area contributed by atoms with Gasteiger partial charge in [0.25, 0.3) is 0 Å². The first-order valence-corrected chi connectivity index (χ1v) is 6.98. The molecule has 102 valence electrons. The number of fused-ring (bicyclic) bond motifs is 1. The van der Waals surface area contributed by atoms with Crippen LogP contribution in [0.25, 0.3) is 5.69 Å².